The Hall–Kier alpha value is -2.45. The molecule has 0 bridgehead atoms. The van der Waals surface area contributed by atoms with Gasteiger partial charge < -0.3 is 10.4 Å². The summed E-state index contributed by atoms with van der Waals surface area (Å²) in [5.74, 6) is -0.893. The predicted octanol–water partition coefficient (Wildman–Crippen LogP) is 0.425. The Morgan fingerprint density at radius 3 is 2.22 bits per heavy atom. The standard InChI is InChI=1S/C13H10N2O3/c14-7-10(15-5-6-16)11-12(17)8-3-1-2-4-9(8)13(11)18/h1-4,15-16H,5-6H2. The van der Waals surface area contributed by atoms with E-state index in [1.165, 1.54) is 0 Å². The number of rotatable bonds is 3. The number of Topliss-reactive ketones (excluding diaryl/α,β-unsaturated/α-hetero) is 2. The zero-order valence-electron chi connectivity index (χ0n) is 9.43. The van der Waals surface area contributed by atoms with Gasteiger partial charge in [0.2, 0.25) is 11.6 Å². The summed E-state index contributed by atoms with van der Waals surface area (Å²) in [4.78, 5) is 24.1. The summed E-state index contributed by atoms with van der Waals surface area (Å²) in [5.41, 5.74) is 0.398. The highest BCUT2D eigenvalue weighted by atomic mass is 16.3. The molecule has 0 radical (unpaired) electrons. The summed E-state index contributed by atoms with van der Waals surface area (Å²) >= 11 is 0. The van der Waals surface area contributed by atoms with Crippen molar-refractivity contribution in [3.63, 3.8) is 0 Å². The van der Waals surface area contributed by atoms with Crippen LogP contribution >= 0.6 is 0 Å². The van der Waals surface area contributed by atoms with Crippen LogP contribution in [0.1, 0.15) is 20.7 Å². The highest BCUT2D eigenvalue weighted by Gasteiger charge is 2.35. The van der Waals surface area contributed by atoms with Crippen LogP contribution in [-0.4, -0.2) is 29.8 Å². The van der Waals surface area contributed by atoms with Gasteiger partial charge in [-0.3, -0.25) is 9.59 Å². The van der Waals surface area contributed by atoms with Gasteiger partial charge in [-0.2, -0.15) is 5.26 Å². The average molecular weight is 242 g/mol. The number of aliphatic hydroxyl groups excluding tert-OH is 1. The number of aliphatic hydroxyl groups is 1. The fraction of sp³-hybridized carbons (Fsp3) is 0.154. The Kier molecular flexibility index (Phi) is 3.22. The molecule has 2 N–H and O–H groups in total. The van der Waals surface area contributed by atoms with Crippen LogP contribution in [0.3, 0.4) is 0 Å². The molecule has 0 saturated carbocycles. The number of nitrogens with zero attached hydrogens (tertiary/aromatic N) is 1. The van der Waals surface area contributed by atoms with Crippen molar-refractivity contribution in [2.24, 2.45) is 0 Å². The largest absolute Gasteiger partial charge is 0.395 e. The van der Waals surface area contributed by atoms with Crippen LogP contribution < -0.4 is 5.32 Å². The highest BCUT2D eigenvalue weighted by molar-refractivity contribution is 6.40. The van der Waals surface area contributed by atoms with E-state index in [1.807, 2.05) is 0 Å². The van der Waals surface area contributed by atoms with Crippen molar-refractivity contribution in [3.8, 4) is 6.07 Å². The molecule has 1 aliphatic carbocycles. The Morgan fingerprint density at radius 2 is 1.78 bits per heavy atom. The molecule has 5 heteroatoms. The first-order chi connectivity index (χ1) is 8.70. The lowest BCUT2D eigenvalue weighted by Crippen LogP contribution is -2.21. The Labute approximate surface area is 103 Å². The van der Waals surface area contributed by atoms with Gasteiger partial charge in [0, 0.05) is 17.7 Å². The first-order valence-electron chi connectivity index (χ1n) is 5.38. The van der Waals surface area contributed by atoms with Crippen molar-refractivity contribution in [3.05, 3.63) is 46.7 Å². The lowest BCUT2D eigenvalue weighted by atomic mass is 10.1. The molecule has 0 fully saturated rings. The zero-order valence-corrected chi connectivity index (χ0v) is 9.43. The second-order valence-corrected chi connectivity index (χ2v) is 3.72. The van der Waals surface area contributed by atoms with Gasteiger partial charge in [0.15, 0.2) is 0 Å². The minimum atomic E-state index is -0.447. The smallest absolute Gasteiger partial charge is 0.200 e. The predicted molar refractivity (Wildman–Crippen MR) is 62.8 cm³/mol. The van der Waals surface area contributed by atoms with Crippen LogP contribution in [0.4, 0.5) is 0 Å². The van der Waals surface area contributed by atoms with E-state index in [4.69, 9.17) is 10.4 Å². The van der Waals surface area contributed by atoms with Crippen LogP contribution in [-0.2, 0) is 0 Å². The molecule has 1 aromatic rings. The van der Waals surface area contributed by atoms with E-state index in [1.54, 1.807) is 30.3 Å². The summed E-state index contributed by atoms with van der Waals surface area (Å²) in [6.07, 6.45) is 0. The number of ketones is 2. The number of carbonyl (C=O) groups excluding carboxylic acids is 2. The fourth-order valence-electron chi connectivity index (χ4n) is 1.84. The third-order valence-electron chi connectivity index (χ3n) is 2.65. The summed E-state index contributed by atoms with van der Waals surface area (Å²) in [7, 11) is 0. The number of hydrogen-bond donors (Lipinski definition) is 2. The van der Waals surface area contributed by atoms with E-state index >= 15 is 0 Å². The maximum absolute atomic E-state index is 12.0. The second kappa shape index (κ2) is 4.82. The Morgan fingerprint density at radius 1 is 1.22 bits per heavy atom. The zero-order chi connectivity index (χ0) is 13.1. The molecular formula is C13H10N2O3. The topological polar surface area (TPSA) is 90.2 Å². The van der Waals surface area contributed by atoms with E-state index in [0.717, 1.165) is 0 Å². The Balaban J connectivity index is 2.50. The maximum Gasteiger partial charge on any atom is 0.200 e. The van der Waals surface area contributed by atoms with Crippen molar-refractivity contribution < 1.29 is 14.7 Å². The number of benzene rings is 1. The van der Waals surface area contributed by atoms with Gasteiger partial charge in [0.05, 0.1) is 6.61 Å². The van der Waals surface area contributed by atoms with Gasteiger partial charge in [-0.25, -0.2) is 0 Å². The van der Waals surface area contributed by atoms with Gasteiger partial charge in [-0.1, -0.05) is 24.3 Å². The summed E-state index contributed by atoms with van der Waals surface area (Å²) in [6, 6.07) is 8.24. The first-order valence-corrected chi connectivity index (χ1v) is 5.38. The van der Waals surface area contributed by atoms with E-state index in [-0.39, 0.29) is 24.4 Å². The molecule has 90 valence electrons. The summed E-state index contributed by atoms with van der Waals surface area (Å²) < 4.78 is 0. The molecule has 0 heterocycles. The van der Waals surface area contributed by atoms with E-state index in [0.29, 0.717) is 11.1 Å². The molecule has 0 saturated heterocycles. The molecule has 0 aliphatic heterocycles. The van der Waals surface area contributed by atoms with Crippen molar-refractivity contribution in [1.82, 2.24) is 5.32 Å². The molecule has 5 nitrogen and oxygen atoms in total. The average Bonchev–Trinajstić information content (AvgIpc) is 2.65. The molecule has 0 unspecified atom stereocenters. The molecule has 1 aromatic carbocycles. The van der Waals surface area contributed by atoms with Gasteiger partial charge in [0.1, 0.15) is 17.3 Å². The van der Waals surface area contributed by atoms with Crippen molar-refractivity contribution in [2.75, 3.05) is 13.2 Å². The summed E-state index contributed by atoms with van der Waals surface area (Å²) in [6.45, 7) is -0.0723. The first kappa shape index (κ1) is 12.0. The lowest BCUT2D eigenvalue weighted by molar-refractivity contribution is 0.0986. The molecular weight excluding hydrogens is 232 g/mol. The number of allylic oxidation sites excluding steroid dienone is 2. The molecule has 0 atom stereocenters. The van der Waals surface area contributed by atoms with Crippen LogP contribution in [0.2, 0.25) is 0 Å². The number of nitrogens with one attached hydrogen (secondary N) is 1. The second-order valence-electron chi connectivity index (χ2n) is 3.72. The molecule has 0 amide bonds. The quantitative estimate of drug-likeness (QED) is 0.455. The van der Waals surface area contributed by atoms with E-state index in [9.17, 15) is 9.59 Å². The molecule has 0 spiro atoms. The number of nitriles is 1. The maximum atomic E-state index is 12.0. The third kappa shape index (κ3) is 1.79. The number of carbonyl (C=O) groups is 2. The van der Waals surface area contributed by atoms with Crippen LogP contribution in [0, 0.1) is 11.3 Å². The third-order valence-corrected chi connectivity index (χ3v) is 2.65. The Bertz CT molecular complexity index is 559. The van der Waals surface area contributed by atoms with Crippen molar-refractivity contribution in [1.29, 1.82) is 5.26 Å². The summed E-state index contributed by atoms with van der Waals surface area (Å²) in [5, 5.41) is 20.2. The number of fused-ring (bicyclic) bond motifs is 1. The van der Waals surface area contributed by atoms with Crippen LogP contribution in [0.25, 0.3) is 0 Å². The van der Waals surface area contributed by atoms with Gasteiger partial charge >= 0.3 is 0 Å². The van der Waals surface area contributed by atoms with Crippen molar-refractivity contribution >= 4 is 11.6 Å². The molecule has 18 heavy (non-hydrogen) atoms. The molecule has 0 aromatic heterocycles. The van der Waals surface area contributed by atoms with Crippen molar-refractivity contribution in [2.45, 2.75) is 0 Å². The normalized spacial score (nSPS) is 13.2. The molecule has 1 aliphatic rings. The minimum absolute atomic E-state index is 0.0877. The van der Waals surface area contributed by atoms with Gasteiger partial charge in [-0.15, -0.1) is 0 Å². The fourth-order valence-corrected chi connectivity index (χ4v) is 1.84. The minimum Gasteiger partial charge on any atom is -0.395 e. The van der Waals surface area contributed by atoms with E-state index < -0.39 is 11.6 Å². The van der Waals surface area contributed by atoms with E-state index in [2.05, 4.69) is 5.32 Å². The molecule has 2 rings (SSSR count). The highest BCUT2D eigenvalue weighted by Crippen LogP contribution is 2.27. The lowest BCUT2D eigenvalue weighted by Gasteiger charge is -2.03. The monoisotopic (exact) mass is 242 g/mol. The van der Waals surface area contributed by atoms with Gasteiger partial charge in [-0.05, 0) is 0 Å². The van der Waals surface area contributed by atoms with Crippen LogP contribution in [0.5, 0.6) is 0 Å². The van der Waals surface area contributed by atoms with Gasteiger partial charge in [0.25, 0.3) is 0 Å². The van der Waals surface area contributed by atoms with Crippen LogP contribution in [0.15, 0.2) is 35.5 Å². The number of hydrogen-bond acceptors (Lipinski definition) is 5. The SMILES string of the molecule is N#CC(NCCO)=C1C(=O)c2ccccc2C1=O.